The lowest BCUT2D eigenvalue weighted by molar-refractivity contribution is 0.176. The van der Waals surface area contributed by atoms with E-state index in [-0.39, 0.29) is 0 Å². The number of piperazine rings is 1. The Balaban J connectivity index is 1.90. The first-order valence-corrected chi connectivity index (χ1v) is 7.57. The van der Waals surface area contributed by atoms with Crippen molar-refractivity contribution in [2.24, 2.45) is 13.0 Å². The van der Waals surface area contributed by atoms with E-state index in [0.29, 0.717) is 12.0 Å². The van der Waals surface area contributed by atoms with Crippen LogP contribution in [0.15, 0.2) is 6.20 Å². The van der Waals surface area contributed by atoms with Gasteiger partial charge in [-0.3, -0.25) is 9.58 Å². The van der Waals surface area contributed by atoms with Crippen LogP contribution in [-0.2, 0) is 7.05 Å². The highest BCUT2D eigenvalue weighted by atomic mass is 15.4. The second-order valence-electron chi connectivity index (χ2n) is 6.53. The van der Waals surface area contributed by atoms with Crippen LogP contribution >= 0.6 is 0 Å². The maximum atomic E-state index is 4.53. The molecule has 0 radical (unpaired) electrons. The van der Waals surface area contributed by atoms with E-state index in [1.165, 1.54) is 43.9 Å². The average molecular weight is 262 g/mol. The van der Waals surface area contributed by atoms with Crippen molar-refractivity contribution in [2.75, 3.05) is 24.5 Å². The number of rotatable bonds is 2. The van der Waals surface area contributed by atoms with E-state index in [0.717, 1.165) is 6.04 Å². The highest BCUT2D eigenvalue weighted by Gasteiger charge is 2.38. The summed E-state index contributed by atoms with van der Waals surface area (Å²) in [5.74, 6) is 0.682. The molecule has 2 fully saturated rings. The average Bonchev–Trinajstić information content (AvgIpc) is 2.92. The zero-order valence-corrected chi connectivity index (χ0v) is 12.6. The van der Waals surface area contributed by atoms with Crippen LogP contribution < -0.4 is 4.90 Å². The van der Waals surface area contributed by atoms with Gasteiger partial charge in [-0.25, -0.2) is 0 Å². The summed E-state index contributed by atoms with van der Waals surface area (Å²) in [6.45, 7) is 10.5. The third-order valence-corrected chi connectivity index (χ3v) is 4.79. The number of nitrogens with zero attached hydrogens (tertiary/aromatic N) is 4. The molecule has 0 aromatic carbocycles. The molecule has 4 nitrogen and oxygen atoms in total. The molecule has 2 aliphatic rings. The van der Waals surface area contributed by atoms with Crippen LogP contribution in [0.4, 0.5) is 5.69 Å². The minimum absolute atomic E-state index is 0.622. The Hall–Kier alpha value is -1.03. The van der Waals surface area contributed by atoms with Crippen molar-refractivity contribution < 1.29 is 0 Å². The van der Waals surface area contributed by atoms with Crippen molar-refractivity contribution >= 4 is 5.69 Å². The predicted octanol–water partition coefficient (Wildman–Crippen LogP) is 2.04. The highest BCUT2D eigenvalue weighted by molar-refractivity contribution is 5.51. The third kappa shape index (κ3) is 2.27. The number of hydrogen-bond acceptors (Lipinski definition) is 3. The molecule has 19 heavy (non-hydrogen) atoms. The summed E-state index contributed by atoms with van der Waals surface area (Å²) in [6, 6.07) is 1.38. The first kappa shape index (κ1) is 13.0. The number of aromatic nitrogens is 2. The van der Waals surface area contributed by atoms with Crippen LogP contribution in [0.2, 0.25) is 0 Å². The summed E-state index contributed by atoms with van der Waals surface area (Å²) in [4.78, 5) is 5.33. The van der Waals surface area contributed by atoms with Crippen molar-refractivity contribution in [1.82, 2.24) is 14.7 Å². The molecule has 1 aromatic heterocycles. The molecule has 0 saturated carbocycles. The van der Waals surface area contributed by atoms with Crippen LogP contribution in [0.25, 0.3) is 0 Å². The number of aryl methyl sites for hydroxylation is 2. The molecule has 0 bridgehead atoms. The van der Waals surface area contributed by atoms with Crippen molar-refractivity contribution in [3.63, 3.8) is 0 Å². The number of anilines is 1. The molecule has 0 aliphatic carbocycles. The van der Waals surface area contributed by atoms with Crippen LogP contribution in [0.3, 0.4) is 0 Å². The SMILES string of the molecule is Cc1nn(C)cc1N1CC2CCCN2CC1C(C)C. The fraction of sp³-hybridized carbons (Fsp3) is 0.800. The molecular formula is C15H26N4. The van der Waals surface area contributed by atoms with Gasteiger partial charge in [-0.05, 0) is 32.2 Å². The van der Waals surface area contributed by atoms with Gasteiger partial charge in [0.15, 0.2) is 0 Å². The molecule has 3 rings (SSSR count). The van der Waals surface area contributed by atoms with Gasteiger partial charge in [-0.15, -0.1) is 0 Å². The van der Waals surface area contributed by atoms with Crippen molar-refractivity contribution in [2.45, 2.75) is 45.7 Å². The van der Waals surface area contributed by atoms with E-state index >= 15 is 0 Å². The van der Waals surface area contributed by atoms with Gasteiger partial charge in [0, 0.05) is 38.4 Å². The maximum Gasteiger partial charge on any atom is 0.0827 e. The molecule has 0 spiro atoms. The number of fused-ring (bicyclic) bond motifs is 1. The summed E-state index contributed by atoms with van der Waals surface area (Å²) in [7, 11) is 2.02. The highest BCUT2D eigenvalue weighted by Crippen LogP contribution is 2.32. The second-order valence-corrected chi connectivity index (χ2v) is 6.53. The van der Waals surface area contributed by atoms with E-state index in [9.17, 15) is 0 Å². The van der Waals surface area contributed by atoms with E-state index < -0.39 is 0 Å². The quantitative estimate of drug-likeness (QED) is 0.815. The largest absolute Gasteiger partial charge is 0.363 e. The molecule has 2 unspecified atom stereocenters. The van der Waals surface area contributed by atoms with Crippen LogP contribution in [-0.4, -0.2) is 46.4 Å². The van der Waals surface area contributed by atoms with E-state index in [1.807, 2.05) is 11.7 Å². The summed E-state index contributed by atoms with van der Waals surface area (Å²) >= 11 is 0. The molecule has 4 heteroatoms. The lowest BCUT2D eigenvalue weighted by Crippen LogP contribution is -2.58. The first-order valence-electron chi connectivity index (χ1n) is 7.57. The summed E-state index contributed by atoms with van der Waals surface area (Å²) in [5, 5.41) is 4.53. The van der Waals surface area contributed by atoms with Gasteiger partial charge < -0.3 is 4.90 Å². The van der Waals surface area contributed by atoms with E-state index in [1.54, 1.807) is 0 Å². The Kier molecular flexibility index (Phi) is 3.29. The topological polar surface area (TPSA) is 24.3 Å². The first-order chi connectivity index (χ1) is 9.06. The fourth-order valence-electron chi connectivity index (χ4n) is 3.76. The fourth-order valence-corrected chi connectivity index (χ4v) is 3.76. The Morgan fingerprint density at radius 3 is 2.74 bits per heavy atom. The summed E-state index contributed by atoms with van der Waals surface area (Å²) < 4.78 is 1.95. The van der Waals surface area contributed by atoms with Crippen molar-refractivity contribution in [1.29, 1.82) is 0 Å². The summed E-state index contributed by atoms with van der Waals surface area (Å²) in [5.41, 5.74) is 2.51. The molecule has 2 saturated heterocycles. The van der Waals surface area contributed by atoms with Crippen LogP contribution in [0.1, 0.15) is 32.4 Å². The lowest BCUT2D eigenvalue weighted by Gasteiger charge is -2.46. The molecule has 106 valence electrons. The van der Waals surface area contributed by atoms with Gasteiger partial charge in [-0.2, -0.15) is 5.10 Å². The second kappa shape index (κ2) is 4.82. The Labute approximate surface area is 116 Å². The standard InChI is InChI=1S/C15H26N4/c1-11(2)14-10-18-7-5-6-13(18)8-19(14)15-9-17(4)16-12(15)3/h9,11,13-14H,5-8,10H2,1-4H3. The normalized spacial score (nSPS) is 28.2. The number of hydrogen-bond donors (Lipinski definition) is 0. The maximum absolute atomic E-state index is 4.53. The molecule has 3 heterocycles. The van der Waals surface area contributed by atoms with Gasteiger partial charge in [-0.1, -0.05) is 13.8 Å². The summed E-state index contributed by atoms with van der Waals surface area (Å²) in [6.07, 6.45) is 4.92. The Bertz CT molecular complexity index is 451. The molecular weight excluding hydrogens is 236 g/mol. The van der Waals surface area contributed by atoms with Gasteiger partial charge in [0.05, 0.1) is 11.4 Å². The minimum atomic E-state index is 0.622. The van der Waals surface area contributed by atoms with Crippen molar-refractivity contribution in [3.05, 3.63) is 11.9 Å². The zero-order valence-electron chi connectivity index (χ0n) is 12.6. The van der Waals surface area contributed by atoms with E-state index in [4.69, 9.17) is 0 Å². The zero-order chi connectivity index (χ0) is 13.6. The Morgan fingerprint density at radius 2 is 2.11 bits per heavy atom. The molecule has 2 atom stereocenters. The third-order valence-electron chi connectivity index (χ3n) is 4.79. The minimum Gasteiger partial charge on any atom is -0.363 e. The van der Waals surface area contributed by atoms with E-state index in [2.05, 4.69) is 41.9 Å². The smallest absolute Gasteiger partial charge is 0.0827 e. The monoisotopic (exact) mass is 262 g/mol. The molecule has 0 amide bonds. The lowest BCUT2D eigenvalue weighted by atomic mass is 9.96. The molecule has 1 aromatic rings. The van der Waals surface area contributed by atoms with Crippen molar-refractivity contribution in [3.8, 4) is 0 Å². The van der Waals surface area contributed by atoms with Gasteiger partial charge in [0.1, 0.15) is 0 Å². The van der Waals surface area contributed by atoms with Gasteiger partial charge in [0.25, 0.3) is 0 Å². The van der Waals surface area contributed by atoms with Gasteiger partial charge >= 0.3 is 0 Å². The van der Waals surface area contributed by atoms with Gasteiger partial charge in [0.2, 0.25) is 0 Å². The Morgan fingerprint density at radius 1 is 1.32 bits per heavy atom. The molecule has 0 N–H and O–H groups in total. The van der Waals surface area contributed by atoms with Crippen LogP contribution in [0.5, 0.6) is 0 Å². The molecule has 2 aliphatic heterocycles. The van der Waals surface area contributed by atoms with Crippen LogP contribution in [0, 0.1) is 12.8 Å². The predicted molar refractivity (Wildman–Crippen MR) is 78.5 cm³/mol.